The van der Waals surface area contributed by atoms with Crippen molar-refractivity contribution in [3.05, 3.63) is 41.3 Å². The van der Waals surface area contributed by atoms with Gasteiger partial charge in [0.15, 0.2) is 5.82 Å². The molecule has 0 saturated heterocycles. The van der Waals surface area contributed by atoms with E-state index in [-0.39, 0.29) is 12.3 Å². The molecule has 0 amide bonds. The number of aliphatic hydroxyl groups excluding tert-OH is 1. The Morgan fingerprint density at radius 1 is 1.42 bits per heavy atom. The van der Waals surface area contributed by atoms with Gasteiger partial charge in [-0.15, -0.1) is 10.2 Å². The fourth-order valence-corrected chi connectivity index (χ4v) is 1.13. The zero-order valence-corrected chi connectivity index (χ0v) is 10.4. The van der Waals surface area contributed by atoms with E-state index in [2.05, 4.69) is 15.0 Å². The summed E-state index contributed by atoms with van der Waals surface area (Å²) in [5.74, 6) is -2.98. The standard InChI is InChI=1S/C12H12F2N2O3/c1-3-19-12(18)11(7(2)17)16-15-10-5-4-8(13)6-9(10)14/h4-6,17H,3H2,1-2H3/b11-7+,16-15?. The van der Waals surface area contributed by atoms with Crippen molar-refractivity contribution in [1.82, 2.24) is 0 Å². The minimum Gasteiger partial charge on any atom is -0.510 e. The quantitative estimate of drug-likeness (QED) is 0.394. The van der Waals surface area contributed by atoms with Crippen molar-refractivity contribution in [2.45, 2.75) is 13.8 Å². The number of nitrogens with zero attached hydrogens (tertiary/aromatic N) is 2. The zero-order valence-electron chi connectivity index (χ0n) is 10.4. The Morgan fingerprint density at radius 2 is 2.11 bits per heavy atom. The Morgan fingerprint density at radius 3 is 2.63 bits per heavy atom. The fourth-order valence-electron chi connectivity index (χ4n) is 1.13. The van der Waals surface area contributed by atoms with E-state index in [1.165, 1.54) is 6.92 Å². The first-order chi connectivity index (χ1) is 8.95. The number of hydrogen-bond donors (Lipinski definition) is 1. The molecule has 1 N–H and O–H groups in total. The third-order valence-corrected chi connectivity index (χ3v) is 1.98. The highest BCUT2D eigenvalue weighted by Crippen LogP contribution is 2.20. The molecule has 1 aromatic rings. The van der Waals surface area contributed by atoms with Crippen LogP contribution >= 0.6 is 0 Å². The van der Waals surface area contributed by atoms with Gasteiger partial charge in [-0.1, -0.05) is 0 Å². The van der Waals surface area contributed by atoms with Crippen LogP contribution in [0.5, 0.6) is 0 Å². The number of aliphatic hydroxyl groups is 1. The first-order valence-corrected chi connectivity index (χ1v) is 5.39. The summed E-state index contributed by atoms with van der Waals surface area (Å²) in [5, 5.41) is 16.1. The van der Waals surface area contributed by atoms with E-state index in [0.29, 0.717) is 6.07 Å². The molecule has 1 rings (SSSR count). The summed E-state index contributed by atoms with van der Waals surface area (Å²) >= 11 is 0. The number of ether oxygens (including phenoxy) is 1. The Balaban J connectivity index is 3.00. The lowest BCUT2D eigenvalue weighted by Gasteiger charge is -2.02. The van der Waals surface area contributed by atoms with Gasteiger partial charge in [0.25, 0.3) is 0 Å². The summed E-state index contributed by atoms with van der Waals surface area (Å²) in [4.78, 5) is 11.4. The van der Waals surface area contributed by atoms with Gasteiger partial charge in [0, 0.05) is 6.07 Å². The molecular formula is C12H12F2N2O3. The number of azo groups is 1. The lowest BCUT2D eigenvalue weighted by Crippen LogP contribution is -2.07. The largest absolute Gasteiger partial charge is 0.510 e. The monoisotopic (exact) mass is 270 g/mol. The van der Waals surface area contributed by atoms with Crippen molar-refractivity contribution < 1.29 is 23.4 Å². The number of rotatable bonds is 4. The van der Waals surface area contributed by atoms with Crippen LogP contribution in [0.4, 0.5) is 14.5 Å². The third-order valence-electron chi connectivity index (χ3n) is 1.98. The molecule has 0 aromatic heterocycles. The highest BCUT2D eigenvalue weighted by Gasteiger charge is 2.14. The molecule has 0 unspecified atom stereocenters. The summed E-state index contributed by atoms with van der Waals surface area (Å²) in [6, 6.07) is 2.69. The maximum atomic E-state index is 13.3. The topological polar surface area (TPSA) is 71.2 Å². The molecule has 0 spiro atoms. The van der Waals surface area contributed by atoms with Gasteiger partial charge in [-0.05, 0) is 26.0 Å². The number of hydrogen-bond acceptors (Lipinski definition) is 5. The van der Waals surface area contributed by atoms with Crippen molar-refractivity contribution in [2.24, 2.45) is 10.2 Å². The van der Waals surface area contributed by atoms with Crippen LogP contribution < -0.4 is 0 Å². The van der Waals surface area contributed by atoms with Crippen LogP contribution in [0.2, 0.25) is 0 Å². The Kier molecular flexibility index (Phi) is 5.11. The average molecular weight is 270 g/mol. The molecule has 0 aliphatic heterocycles. The summed E-state index contributed by atoms with van der Waals surface area (Å²) in [6.45, 7) is 2.89. The summed E-state index contributed by atoms with van der Waals surface area (Å²) in [7, 11) is 0. The normalized spacial score (nSPS) is 12.4. The van der Waals surface area contributed by atoms with Crippen LogP contribution in [0, 0.1) is 11.6 Å². The maximum absolute atomic E-state index is 13.3. The van der Waals surface area contributed by atoms with Gasteiger partial charge in [-0.2, -0.15) is 0 Å². The van der Waals surface area contributed by atoms with Crippen molar-refractivity contribution >= 4 is 11.7 Å². The lowest BCUT2D eigenvalue weighted by atomic mass is 10.3. The molecule has 0 heterocycles. The van der Waals surface area contributed by atoms with Gasteiger partial charge in [0.05, 0.1) is 6.61 Å². The average Bonchev–Trinajstić information content (AvgIpc) is 2.31. The van der Waals surface area contributed by atoms with Crippen molar-refractivity contribution in [1.29, 1.82) is 0 Å². The molecule has 19 heavy (non-hydrogen) atoms. The van der Waals surface area contributed by atoms with E-state index in [4.69, 9.17) is 0 Å². The molecule has 0 aliphatic carbocycles. The van der Waals surface area contributed by atoms with Crippen LogP contribution in [0.15, 0.2) is 39.9 Å². The number of benzene rings is 1. The minimum absolute atomic E-state index is 0.0933. The van der Waals surface area contributed by atoms with E-state index in [1.54, 1.807) is 6.92 Å². The molecule has 1 aromatic carbocycles. The highest BCUT2D eigenvalue weighted by molar-refractivity contribution is 5.88. The number of carbonyl (C=O) groups is 1. The van der Waals surface area contributed by atoms with Crippen molar-refractivity contribution in [3.8, 4) is 0 Å². The highest BCUT2D eigenvalue weighted by atomic mass is 19.1. The summed E-state index contributed by atoms with van der Waals surface area (Å²) < 4.78 is 30.6. The summed E-state index contributed by atoms with van der Waals surface area (Å²) in [5.41, 5.74) is -0.699. The van der Waals surface area contributed by atoms with Crippen LogP contribution in [-0.4, -0.2) is 17.7 Å². The zero-order chi connectivity index (χ0) is 14.4. The van der Waals surface area contributed by atoms with Gasteiger partial charge in [0.2, 0.25) is 5.70 Å². The predicted molar refractivity (Wildman–Crippen MR) is 62.8 cm³/mol. The fraction of sp³-hybridized carbons (Fsp3) is 0.250. The number of halogens is 2. The van der Waals surface area contributed by atoms with Gasteiger partial charge >= 0.3 is 5.97 Å². The SMILES string of the molecule is CCOC(=O)/C(N=Nc1ccc(F)cc1F)=C(/C)O. The smallest absolute Gasteiger partial charge is 0.362 e. The second-order valence-corrected chi connectivity index (χ2v) is 3.45. The van der Waals surface area contributed by atoms with E-state index in [1.807, 2.05) is 0 Å². The second-order valence-electron chi connectivity index (χ2n) is 3.45. The van der Waals surface area contributed by atoms with Crippen LogP contribution in [0.25, 0.3) is 0 Å². The van der Waals surface area contributed by atoms with Crippen molar-refractivity contribution in [2.75, 3.05) is 6.61 Å². The number of allylic oxidation sites excluding steroid dienone is 1. The van der Waals surface area contributed by atoms with Gasteiger partial charge < -0.3 is 9.84 Å². The van der Waals surface area contributed by atoms with Crippen molar-refractivity contribution in [3.63, 3.8) is 0 Å². The van der Waals surface area contributed by atoms with Crippen LogP contribution in [-0.2, 0) is 9.53 Å². The molecule has 0 bridgehead atoms. The minimum atomic E-state index is -0.928. The Labute approximate surface area is 108 Å². The Bertz CT molecular complexity index is 538. The number of carbonyl (C=O) groups excluding carboxylic acids is 1. The van der Waals surface area contributed by atoms with Crippen LogP contribution in [0.3, 0.4) is 0 Å². The van der Waals surface area contributed by atoms with Gasteiger partial charge in [-0.25, -0.2) is 13.6 Å². The third kappa shape index (κ3) is 4.13. The van der Waals surface area contributed by atoms with E-state index >= 15 is 0 Å². The molecule has 0 atom stereocenters. The predicted octanol–water partition coefficient (Wildman–Crippen LogP) is 3.40. The van der Waals surface area contributed by atoms with E-state index in [0.717, 1.165) is 12.1 Å². The van der Waals surface area contributed by atoms with E-state index in [9.17, 15) is 18.7 Å². The van der Waals surface area contributed by atoms with Crippen LogP contribution in [0.1, 0.15) is 13.8 Å². The molecule has 5 nitrogen and oxygen atoms in total. The van der Waals surface area contributed by atoms with Gasteiger partial charge in [0.1, 0.15) is 17.3 Å². The molecule has 7 heteroatoms. The first-order valence-electron chi connectivity index (χ1n) is 5.39. The van der Waals surface area contributed by atoms with Gasteiger partial charge in [-0.3, -0.25) is 0 Å². The van der Waals surface area contributed by atoms with E-state index < -0.39 is 29.1 Å². The molecular weight excluding hydrogens is 258 g/mol. The molecule has 0 saturated carbocycles. The second kappa shape index (κ2) is 6.58. The lowest BCUT2D eigenvalue weighted by molar-refractivity contribution is -0.138. The first kappa shape index (κ1) is 14.7. The number of esters is 1. The molecule has 0 radical (unpaired) electrons. The molecule has 0 aliphatic rings. The Hall–Kier alpha value is -2.31. The molecule has 102 valence electrons. The molecule has 0 fully saturated rings. The maximum Gasteiger partial charge on any atom is 0.362 e. The summed E-state index contributed by atoms with van der Waals surface area (Å²) in [6.07, 6.45) is 0.